The molecule has 0 radical (unpaired) electrons. The van der Waals surface area contributed by atoms with Crippen molar-refractivity contribution < 1.29 is 14.3 Å². The molecule has 0 atom stereocenters. The average molecular weight is 423 g/mol. The summed E-state index contributed by atoms with van der Waals surface area (Å²) in [6.45, 7) is 6.34. The first-order valence-electron chi connectivity index (χ1n) is 11.1. The van der Waals surface area contributed by atoms with Crippen molar-refractivity contribution in [2.75, 3.05) is 50.8 Å². The summed E-state index contributed by atoms with van der Waals surface area (Å²) in [5.74, 6) is 0.121. The highest BCUT2D eigenvalue weighted by Gasteiger charge is 2.23. The van der Waals surface area contributed by atoms with Crippen LogP contribution in [-0.4, -0.2) is 72.5 Å². The fraction of sp³-hybridized carbons (Fsp3) is 0.458. The van der Waals surface area contributed by atoms with Crippen LogP contribution in [0.2, 0.25) is 0 Å². The number of hydrogen-bond donors (Lipinski definition) is 0. The maximum atomic E-state index is 13.5. The Morgan fingerprint density at radius 2 is 1.90 bits per heavy atom. The van der Waals surface area contributed by atoms with Crippen molar-refractivity contribution in [3.63, 3.8) is 0 Å². The number of carbonyl (C=O) groups is 2. The largest absolute Gasteiger partial charge is 0.379 e. The van der Waals surface area contributed by atoms with Crippen LogP contribution in [0.15, 0.2) is 48.8 Å². The van der Waals surface area contributed by atoms with Gasteiger partial charge in [-0.05, 0) is 48.7 Å². The normalized spacial score (nSPS) is 17.2. The molecule has 3 heterocycles. The topological polar surface area (TPSA) is 66.0 Å². The van der Waals surface area contributed by atoms with Crippen LogP contribution in [0, 0.1) is 0 Å². The van der Waals surface area contributed by atoms with Gasteiger partial charge >= 0.3 is 0 Å². The standard InChI is InChI=1S/C24H30N4O3/c29-23-6-2-13-28(23)22-5-1-4-21(18-22)24(30)27(19-20-7-9-25-10-8-20)12-3-11-26-14-16-31-17-15-26/h1,4-5,7-10,18H,2-3,6,11-17,19H2. The van der Waals surface area contributed by atoms with Gasteiger partial charge in [0.1, 0.15) is 0 Å². The average Bonchev–Trinajstić information content (AvgIpc) is 3.25. The summed E-state index contributed by atoms with van der Waals surface area (Å²) in [5.41, 5.74) is 2.49. The van der Waals surface area contributed by atoms with Gasteiger partial charge in [0, 0.05) is 69.3 Å². The van der Waals surface area contributed by atoms with Gasteiger partial charge in [0.2, 0.25) is 5.91 Å². The van der Waals surface area contributed by atoms with E-state index in [1.54, 1.807) is 17.3 Å². The molecule has 0 bridgehead atoms. The first-order valence-corrected chi connectivity index (χ1v) is 11.1. The van der Waals surface area contributed by atoms with E-state index in [0.717, 1.165) is 63.5 Å². The second kappa shape index (κ2) is 10.5. The molecule has 2 saturated heterocycles. The molecule has 2 aliphatic heterocycles. The van der Waals surface area contributed by atoms with Crippen LogP contribution in [0.3, 0.4) is 0 Å². The van der Waals surface area contributed by atoms with Crippen LogP contribution in [0.25, 0.3) is 0 Å². The van der Waals surface area contributed by atoms with Gasteiger partial charge < -0.3 is 14.5 Å². The molecule has 7 heteroatoms. The van der Waals surface area contributed by atoms with Gasteiger partial charge in [-0.1, -0.05) is 6.07 Å². The number of amides is 2. The van der Waals surface area contributed by atoms with E-state index in [-0.39, 0.29) is 11.8 Å². The lowest BCUT2D eigenvalue weighted by Gasteiger charge is -2.28. The van der Waals surface area contributed by atoms with E-state index in [1.807, 2.05) is 41.3 Å². The van der Waals surface area contributed by atoms with Crippen LogP contribution in [0.5, 0.6) is 0 Å². The Kier molecular flexibility index (Phi) is 7.27. The molecule has 2 fully saturated rings. The fourth-order valence-electron chi connectivity index (χ4n) is 4.18. The summed E-state index contributed by atoms with van der Waals surface area (Å²) in [5, 5.41) is 0. The fourth-order valence-corrected chi connectivity index (χ4v) is 4.18. The summed E-state index contributed by atoms with van der Waals surface area (Å²) < 4.78 is 5.42. The Labute approximate surface area is 183 Å². The quantitative estimate of drug-likeness (QED) is 0.654. The predicted octanol–water partition coefficient (Wildman–Crippen LogP) is 2.57. The number of pyridine rings is 1. The van der Waals surface area contributed by atoms with Crippen molar-refractivity contribution in [1.82, 2.24) is 14.8 Å². The highest BCUT2D eigenvalue weighted by molar-refractivity contribution is 5.99. The predicted molar refractivity (Wildman–Crippen MR) is 119 cm³/mol. The lowest BCUT2D eigenvalue weighted by atomic mass is 10.1. The van der Waals surface area contributed by atoms with Gasteiger partial charge in [-0.2, -0.15) is 0 Å². The van der Waals surface area contributed by atoms with E-state index < -0.39 is 0 Å². The van der Waals surface area contributed by atoms with E-state index in [2.05, 4.69) is 9.88 Å². The summed E-state index contributed by atoms with van der Waals surface area (Å²) in [4.78, 5) is 35.7. The van der Waals surface area contributed by atoms with E-state index in [1.165, 1.54) is 0 Å². The second-order valence-corrected chi connectivity index (χ2v) is 8.09. The van der Waals surface area contributed by atoms with Crippen molar-refractivity contribution >= 4 is 17.5 Å². The van der Waals surface area contributed by atoms with E-state index >= 15 is 0 Å². The third-order valence-electron chi connectivity index (χ3n) is 5.89. The SMILES string of the molecule is O=C(c1cccc(N2CCCC2=O)c1)N(CCCN1CCOCC1)Cc1ccncc1. The molecule has 164 valence electrons. The number of nitrogens with zero attached hydrogens (tertiary/aromatic N) is 4. The van der Waals surface area contributed by atoms with E-state index in [4.69, 9.17) is 4.74 Å². The van der Waals surface area contributed by atoms with E-state index in [0.29, 0.717) is 25.1 Å². The molecule has 31 heavy (non-hydrogen) atoms. The van der Waals surface area contributed by atoms with Gasteiger partial charge in [-0.25, -0.2) is 0 Å². The van der Waals surface area contributed by atoms with Crippen LogP contribution in [0.1, 0.15) is 35.2 Å². The summed E-state index contributed by atoms with van der Waals surface area (Å²) in [6, 6.07) is 11.4. The molecule has 0 aliphatic carbocycles. The third-order valence-corrected chi connectivity index (χ3v) is 5.89. The zero-order valence-electron chi connectivity index (χ0n) is 17.9. The van der Waals surface area contributed by atoms with E-state index in [9.17, 15) is 9.59 Å². The number of morpholine rings is 1. The van der Waals surface area contributed by atoms with Crippen LogP contribution < -0.4 is 4.90 Å². The Morgan fingerprint density at radius 3 is 2.65 bits per heavy atom. The molecular weight excluding hydrogens is 392 g/mol. The minimum Gasteiger partial charge on any atom is -0.379 e. The highest BCUT2D eigenvalue weighted by atomic mass is 16.5. The molecule has 4 rings (SSSR count). The Morgan fingerprint density at radius 1 is 1.10 bits per heavy atom. The van der Waals surface area contributed by atoms with Crippen molar-refractivity contribution in [2.24, 2.45) is 0 Å². The maximum absolute atomic E-state index is 13.5. The second-order valence-electron chi connectivity index (χ2n) is 8.09. The van der Waals surface area contributed by atoms with Crippen molar-refractivity contribution in [2.45, 2.75) is 25.8 Å². The monoisotopic (exact) mass is 422 g/mol. The molecule has 1 aromatic heterocycles. The molecule has 0 spiro atoms. The first-order chi connectivity index (χ1) is 15.2. The number of aromatic nitrogens is 1. The molecular formula is C24H30N4O3. The van der Waals surface area contributed by atoms with Crippen molar-refractivity contribution in [1.29, 1.82) is 0 Å². The Hall–Kier alpha value is -2.77. The number of benzene rings is 1. The summed E-state index contributed by atoms with van der Waals surface area (Å²) in [7, 11) is 0. The lowest BCUT2D eigenvalue weighted by Crippen LogP contribution is -2.39. The molecule has 1 aromatic carbocycles. The minimum absolute atomic E-state index is 0.00714. The Bertz CT molecular complexity index is 883. The summed E-state index contributed by atoms with van der Waals surface area (Å²) in [6.07, 6.45) is 5.86. The molecule has 2 amide bonds. The summed E-state index contributed by atoms with van der Waals surface area (Å²) >= 11 is 0. The smallest absolute Gasteiger partial charge is 0.254 e. The molecule has 0 saturated carbocycles. The molecule has 0 N–H and O–H groups in total. The van der Waals surface area contributed by atoms with Gasteiger partial charge in [-0.15, -0.1) is 0 Å². The highest BCUT2D eigenvalue weighted by Crippen LogP contribution is 2.23. The molecule has 0 unspecified atom stereocenters. The number of ether oxygens (including phenoxy) is 1. The number of hydrogen-bond acceptors (Lipinski definition) is 5. The number of anilines is 1. The maximum Gasteiger partial charge on any atom is 0.254 e. The molecule has 7 nitrogen and oxygen atoms in total. The lowest BCUT2D eigenvalue weighted by molar-refractivity contribution is -0.117. The van der Waals surface area contributed by atoms with Crippen LogP contribution in [-0.2, 0) is 16.1 Å². The van der Waals surface area contributed by atoms with Crippen molar-refractivity contribution in [3.8, 4) is 0 Å². The molecule has 2 aromatic rings. The minimum atomic E-state index is -0.00714. The number of carbonyl (C=O) groups excluding carboxylic acids is 2. The van der Waals surface area contributed by atoms with Crippen molar-refractivity contribution in [3.05, 3.63) is 59.9 Å². The third kappa shape index (κ3) is 5.68. The Balaban J connectivity index is 1.46. The van der Waals surface area contributed by atoms with Crippen LogP contribution >= 0.6 is 0 Å². The zero-order chi connectivity index (χ0) is 21.5. The van der Waals surface area contributed by atoms with Gasteiger partial charge in [0.15, 0.2) is 0 Å². The molecule has 2 aliphatic rings. The van der Waals surface area contributed by atoms with Gasteiger partial charge in [0.25, 0.3) is 5.91 Å². The first kappa shape index (κ1) is 21.5. The van der Waals surface area contributed by atoms with Gasteiger partial charge in [-0.3, -0.25) is 19.5 Å². The van der Waals surface area contributed by atoms with Crippen LogP contribution in [0.4, 0.5) is 5.69 Å². The van der Waals surface area contributed by atoms with Gasteiger partial charge in [0.05, 0.1) is 13.2 Å². The number of rotatable bonds is 8. The zero-order valence-corrected chi connectivity index (χ0v) is 17.9.